The Morgan fingerprint density at radius 3 is 2.45 bits per heavy atom. The van der Waals surface area contributed by atoms with Gasteiger partial charge >= 0.3 is 0 Å². The Morgan fingerprint density at radius 2 is 1.77 bits per heavy atom. The summed E-state index contributed by atoms with van der Waals surface area (Å²) in [5, 5.41) is 13.6. The molecule has 2 aromatic heterocycles. The topological polar surface area (TPSA) is 43.6 Å². The molecule has 0 aliphatic carbocycles. The van der Waals surface area contributed by atoms with Gasteiger partial charge in [-0.2, -0.15) is 0 Å². The second-order valence-corrected chi connectivity index (χ2v) is 10.5. The van der Waals surface area contributed by atoms with Gasteiger partial charge in [0.25, 0.3) is 0 Å². The van der Waals surface area contributed by atoms with Crippen molar-refractivity contribution in [3.05, 3.63) is 70.2 Å². The summed E-state index contributed by atoms with van der Waals surface area (Å²) in [4.78, 5) is 4.77. The van der Waals surface area contributed by atoms with E-state index in [-0.39, 0.29) is 5.41 Å². The third-order valence-corrected chi connectivity index (χ3v) is 7.30. The SMILES string of the molecule is CCn1c(SCc2csc(-c3ccccc3Cl)n2)nnc1-c1ccc(C(C)(C)C)cc1. The van der Waals surface area contributed by atoms with Crippen LogP contribution < -0.4 is 0 Å². The quantitative estimate of drug-likeness (QED) is 0.278. The maximum absolute atomic E-state index is 6.32. The van der Waals surface area contributed by atoms with Gasteiger partial charge in [0.1, 0.15) is 5.01 Å². The number of halogens is 1. The second-order valence-electron chi connectivity index (χ2n) is 8.29. The first kappa shape index (κ1) is 22.1. The molecule has 0 amide bonds. The van der Waals surface area contributed by atoms with Crippen LogP contribution in [0.15, 0.2) is 59.1 Å². The van der Waals surface area contributed by atoms with Gasteiger partial charge in [-0.1, -0.05) is 86.6 Å². The number of thioether (sulfide) groups is 1. The van der Waals surface area contributed by atoms with Crippen LogP contribution in [0.3, 0.4) is 0 Å². The Kier molecular flexibility index (Phi) is 6.51. The van der Waals surface area contributed by atoms with E-state index in [0.29, 0.717) is 0 Å². The highest BCUT2D eigenvalue weighted by atomic mass is 35.5. The number of nitrogens with zero attached hydrogens (tertiary/aromatic N) is 4. The van der Waals surface area contributed by atoms with Crippen molar-refractivity contribution in [1.82, 2.24) is 19.7 Å². The Balaban J connectivity index is 1.51. The van der Waals surface area contributed by atoms with Gasteiger partial charge in [-0.15, -0.1) is 21.5 Å². The lowest BCUT2D eigenvalue weighted by molar-refractivity contribution is 0.590. The molecule has 7 heteroatoms. The van der Waals surface area contributed by atoms with Crippen molar-refractivity contribution < 1.29 is 0 Å². The van der Waals surface area contributed by atoms with Crippen LogP contribution in [0.4, 0.5) is 0 Å². The molecule has 4 nitrogen and oxygen atoms in total. The normalized spacial score (nSPS) is 11.8. The highest BCUT2D eigenvalue weighted by Gasteiger charge is 2.17. The molecule has 31 heavy (non-hydrogen) atoms. The van der Waals surface area contributed by atoms with Crippen molar-refractivity contribution in [2.45, 2.75) is 50.6 Å². The predicted octanol–water partition coefficient (Wildman–Crippen LogP) is 7.33. The molecule has 0 aliphatic rings. The number of aromatic nitrogens is 4. The molecule has 0 radical (unpaired) electrons. The summed E-state index contributed by atoms with van der Waals surface area (Å²) in [7, 11) is 0. The molecule has 0 fully saturated rings. The van der Waals surface area contributed by atoms with Gasteiger partial charge in [-0.25, -0.2) is 4.98 Å². The summed E-state index contributed by atoms with van der Waals surface area (Å²) in [6, 6.07) is 16.5. The van der Waals surface area contributed by atoms with E-state index in [4.69, 9.17) is 16.6 Å². The van der Waals surface area contributed by atoms with Crippen LogP contribution in [0.1, 0.15) is 39.0 Å². The molecule has 0 unspecified atom stereocenters. The third-order valence-electron chi connectivity index (χ3n) is 5.05. The first-order chi connectivity index (χ1) is 14.9. The molecule has 4 rings (SSSR count). The van der Waals surface area contributed by atoms with Gasteiger partial charge < -0.3 is 4.57 Å². The van der Waals surface area contributed by atoms with Crippen LogP contribution in [0.5, 0.6) is 0 Å². The minimum Gasteiger partial charge on any atom is -0.302 e. The molecule has 0 N–H and O–H groups in total. The van der Waals surface area contributed by atoms with Crippen LogP contribution in [0.25, 0.3) is 22.0 Å². The third kappa shape index (κ3) is 4.86. The van der Waals surface area contributed by atoms with E-state index < -0.39 is 0 Å². The monoisotopic (exact) mass is 468 g/mol. The van der Waals surface area contributed by atoms with Crippen molar-refractivity contribution >= 4 is 34.7 Å². The largest absolute Gasteiger partial charge is 0.302 e. The molecule has 0 aliphatic heterocycles. The van der Waals surface area contributed by atoms with Gasteiger partial charge in [0.2, 0.25) is 0 Å². The summed E-state index contributed by atoms with van der Waals surface area (Å²) >= 11 is 9.59. The highest BCUT2D eigenvalue weighted by Crippen LogP contribution is 2.33. The van der Waals surface area contributed by atoms with Crippen LogP contribution in [0, 0.1) is 0 Å². The van der Waals surface area contributed by atoms with Crippen LogP contribution >= 0.6 is 34.7 Å². The average molecular weight is 469 g/mol. The van der Waals surface area contributed by atoms with Crippen LogP contribution in [-0.4, -0.2) is 19.7 Å². The fourth-order valence-electron chi connectivity index (χ4n) is 3.28. The molecule has 2 heterocycles. The van der Waals surface area contributed by atoms with Gasteiger partial charge in [-0.05, 0) is 24.0 Å². The van der Waals surface area contributed by atoms with Gasteiger partial charge in [0.05, 0.1) is 10.7 Å². The van der Waals surface area contributed by atoms with Crippen molar-refractivity contribution in [3.8, 4) is 22.0 Å². The average Bonchev–Trinajstić information content (AvgIpc) is 3.38. The molecule has 0 bridgehead atoms. The first-order valence-corrected chi connectivity index (χ1v) is 12.5. The van der Waals surface area contributed by atoms with Crippen LogP contribution in [0.2, 0.25) is 5.02 Å². The lowest BCUT2D eigenvalue weighted by Gasteiger charge is -2.19. The van der Waals surface area contributed by atoms with E-state index in [9.17, 15) is 0 Å². The zero-order valence-corrected chi connectivity index (χ0v) is 20.5. The number of benzene rings is 2. The molecule has 0 atom stereocenters. The number of thiazole rings is 1. The zero-order chi connectivity index (χ0) is 22.0. The summed E-state index contributed by atoms with van der Waals surface area (Å²) < 4.78 is 2.16. The van der Waals surface area contributed by atoms with Crippen molar-refractivity contribution in [2.24, 2.45) is 0 Å². The van der Waals surface area contributed by atoms with Crippen molar-refractivity contribution in [2.75, 3.05) is 0 Å². The predicted molar refractivity (Wildman–Crippen MR) is 132 cm³/mol. The first-order valence-electron chi connectivity index (χ1n) is 10.2. The van der Waals surface area contributed by atoms with Crippen molar-refractivity contribution in [3.63, 3.8) is 0 Å². The van der Waals surface area contributed by atoms with E-state index in [1.165, 1.54) is 5.56 Å². The lowest BCUT2D eigenvalue weighted by Crippen LogP contribution is -2.10. The number of rotatable bonds is 6. The smallest absolute Gasteiger partial charge is 0.191 e. The minimum absolute atomic E-state index is 0.133. The Labute approximate surface area is 196 Å². The number of hydrogen-bond acceptors (Lipinski definition) is 5. The highest BCUT2D eigenvalue weighted by molar-refractivity contribution is 7.98. The van der Waals surface area contributed by atoms with E-state index in [1.807, 2.05) is 24.3 Å². The minimum atomic E-state index is 0.133. The molecule has 160 valence electrons. The van der Waals surface area contributed by atoms with E-state index in [1.54, 1.807) is 23.1 Å². The summed E-state index contributed by atoms with van der Waals surface area (Å²) in [6.07, 6.45) is 0. The summed E-state index contributed by atoms with van der Waals surface area (Å²) in [6.45, 7) is 9.61. The molecule has 4 aromatic rings. The maximum Gasteiger partial charge on any atom is 0.191 e. The summed E-state index contributed by atoms with van der Waals surface area (Å²) in [5.74, 6) is 1.64. The summed E-state index contributed by atoms with van der Waals surface area (Å²) in [5.41, 5.74) is 4.53. The molecular weight excluding hydrogens is 444 g/mol. The molecule has 0 saturated carbocycles. The van der Waals surface area contributed by atoms with E-state index >= 15 is 0 Å². The van der Waals surface area contributed by atoms with E-state index in [0.717, 1.165) is 50.1 Å². The maximum atomic E-state index is 6.32. The Bertz CT molecular complexity index is 1170. The van der Waals surface area contributed by atoms with E-state index in [2.05, 4.69) is 72.1 Å². The molecule has 2 aromatic carbocycles. The lowest BCUT2D eigenvalue weighted by atomic mass is 9.87. The molecule has 0 saturated heterocycles. The standard InChI is InChI=1S/C24H25ClN4S2/c1-5-29-21(16-10-12-17(13-11-16)24(2,3)4)27-28-23(29)31-15-18-14-30-22(26-18)19-8-6-7-9-20(19)25/h6-14H,5,15H2,1-4H3. The Morgan fingerprint density at radius 1 is 1.03 bits per heavy atom. The molecule has 0 spiro atoms. The fourth-order valence-corrected chi connectivity index (χ4v) is 5.42. The zero-order valence-electron chi connectivity index (χ0n) is 18.1. The van der Waals surface area contributed by atoms with Gasteiger partial charge in [-0.3, -0.25) is 0 Å². The fraction of sp³-hybridized carbons (Fsp3) is 0.292. The van der Waals surface area contributed by atoms with Crippen molar-refractivity contribution in [1.29, 1.82) is 0 Å². The van der Waals surface area contributed by atoms with Crippen LogP contribution in [-0.2, 0) is 17.7 Å². The molecular formula is C24H25ClN4S2. The Hall–Kier alpha value is -2.15. The number of hydrogen-bond donors (Lipinski definition) is 0. The second kappa shape index (κ2) is 9.15. The van der Waals surface area contributed by atoms with Gasteiger partial charge in [0.15, 0.2) is 11.0 Å². The van der Waals surface area contributed by atoms with Gasteiger partial charge in [0, 0.05) is 28.8 Å².